The van der Waals surface area contributed by atoms with Crippen molar-refractivity contribution in [2.75, 3.05) is 0 Å². The van der Waals surface area contributed by atoms with E-state index in [0.717, 1.165) is 24.5 Å². The highest BCUT2D eigenvalue weighted by Gasteiger charge is 2.49. The average Bonchev–Trinajstić information content (AvgIpc) is 2.15. The molecule has 2 atom stereocenters. The summed E-state index contributed by atoms with van der Waals surface area (Å²) in [6.45, 7) is 4.70. The van der Waals surface area contributed by atoms with Gasteiger partial charge in [-0.15, -0.1) is 0 Å². The van der Waals surface area contributed by atoms with E-state index < -0.39 is 0 Å². The Labute approximate surface area is 79.5 Å². The second-order valence-corrected chi connectivity index (χ2v) is 4.80. The Kier molecular flexibility index (Phi) is 1.90. The maximum absolute atomic E-state index is 10.2. The summed E-state index contributed by atoms with van der Waals surface area (Å²) in [6.07, 6.45) is 9.27. The Bertz CT molecular complexity index is 283. The molecule has 0 aliphatic heterocycles. The highest BCUT2D eigenvalue weighted by atomic mass is 16.1. The fraction of sp³-hybridized carbons (Fsp3) is 0.583. The summed E-state index contributed by atoms with van der Waals surface area (Å²) in [4.78, 5) is 10.2. The van der Waals surface area contributed by atoms with E-state index in [1.807, 2.05) is 6.08 Å². The molecular weight excluding hydrogens is 160 g/mol. The van der Waals surface area contributed by atoms with Crippen molar-refractivity contribution >= 4 is 6.29 Å². The average molecular weight is 176 g/mol. The predicted molar refractivity (Wildman–Crippen MR) is 53.3 cm³/mol. The van der Waals surface area contributed by atoms with Crippen molar-refractivity contribution in [2.45, 2.75) is 26.7 Å². The standard InChI is InChI=1S/C12H16O/c1-12(2)10-6-9(4-3-5-13)7-11(12)8-10/h3-6,10-11H,7-8H2,1-2H3/t10-,11+/m1/s1. The van der Waals surface area contributed by atoms with E-state index in [4.69, 9.17) is 0 Å². The molecule has 1 nitrogen and oxygen atoms in total. The number of carbonyl (C=O) groups is 1. The van der Waals surface area contributed by atoms with Crippen molar-refractivity contribution in [1.82, 2.24) is 0 Å². The molecule has 1 heteroatoms. The van der Waals surface area contributed by atoms with Crippen molar-refractivity contribution in [1.29, 1.82) is 0 Å². The quantitative estimate of drug-likeness (QED) is 0.467. The lowest BCUT2D eigenvalue weighted by atomic mass is 9.50. The number of aldehydes is 1. The normalized spacial score (nSPS) is 35.4. The van der Waals surface area contributed by atoms with Crippen LogP contribution in [0.25, 0.3) is 0 Å². The molecule has 2 bridgehead atoms. The van der Waals surface area contributed by atoms with Crippen LogP contribution in [0.3, 0.4) is 0 Å². The van der Waals surface area contributed by atoms with Crippen LogP contribution in [0.1, 0.15) is 26.7 Å². The molecule has 0 radical (unpaired) electrons. The van der Waals surface area contributed by atoms with Gasteiger partial charge in [-0.1, -0.05) is 31.6 Å². The lowest BCUT2D eigenvalue weighted by Crippen LogP contribution is -2.46. The highest BCUT2D eigenvalue weighted by molar-refractivity contribution is 5.65. The molecule has 0 aromatic heterocycles. The van der Waals surface area contributed by atoms with Crippen LogP contribution in [0.4, 0.5) is 0 Å². The van der Waals surface area contributed by atoms with Crippen LogP contribution in [0, 0.1) is 17.3 Å². The van der Waals surface area contributed by atoms with E-state index in [-0.39, 0.29) is 0 Å². The SMILES string of the molecule is CC1(C)[C@H]2CC(C=CC=O)=C[C@@H]1C2. The molecular formula is C12H16O. The minimum atomic E-state index is 0.512. The van der Waals surface area contributed by atoms with Gasteiger partial charge >= 0.3 is 0 Å². The van der Waals surface area contributed by atoms with Crippen molar-refractivity contribution in [3.05, 3.63) is 23.8 Å². The summed E-state index contributed by atoms with van der Waals surface area (Å²) in [5.74, 6) is 1.59. The van der Waals surface area contributed by atoms with Gasteiger partial charge in [0.15, 0.2) is 0 Å². The van der Waals surface area contributed by atoms with Crippen molar-refractivity contribution in [3.63, 3.8) is 0 Å². The molecule has 0 spiro atoms. The summed E-state index contributed by atoms with van der Waals surface area (Å²) in [5.41, 5.74) is 1.87. The molecule has 3 rings (SSSR count). The molecule has 13 heavy (non-hydrogen) atoms. The third-order valence-electron chi connectivity index (χ3n) is 3.83. The third kappa shape index (κ3) is 1.27. The molecule has 0 N–H and O–H groups in total. The smallest absolute Gasteiger partial charge is 0.142 e. The van der Waals surface area contributed by atoms with Gasteiger partial charge in [0.1, 0.15) is 6.29 Å². The number of carbonyl (C=O) groups excluding carboxylic acids is 1. The van der Waals surface area contributed by atoms with Gasteiger partial charge in [-0.25, -0.2) is 0 Å². The van der Waals surface area contributed by atoms with Crippen molar-refractivity contribution < 1.29 is 4.79 Å². The minimum absolute atomic E-state index is 0.512. The molecule has 0 heterocycles. The molecule has 1 saturated carbocycles. The molecule has 0 aromatic rings. The minimum Gasteiger partial charge on any atom is -0.299 e. The zero-order valence-electron chi connectivity index (χ0n) is 8.29. The predicted octanol–water partition coefficient (Wildman–Crippen LogP) is 2.73. The van der Waals surface area contributed by atoms with Gasteiger partial charge in [0.05, 0.1) is 0 Å². The van der Waals surface area contributed by atoms with E-state index in [2.05, 4.69) is 19.9 Å². The summed E-state index contributed by atoms with van der Waals surface area (Å²) in [7, 11) is 0. The lowest BCUT2D eigenvalue weighted by molar-refractivity contribution is -0.104. The first-order chi connectivity index (χ1) is 6.14. The van der Waals surface area contributed by atoms with E-state index in [1.54, 1.807) is 6.08 Å². The first-order valence-electron chi connectivity index (χ1n) is 4.97. The fourth-order valence-electron chi connectivity index (χ4n) is 2.58. The van der Waals surface area contributed by atoms with Crippen molar-refractivity contribution in [3.8, 4) is 0 Å². The van der Waals surface area contributed by atoms with Gasteiger partial charge < -0.3 is 0 Å². The Morgan fingerprint density at radius 2 is 2.31 bits per heavy atom. The molecule has 0 amide bonds. The first-order valence-corrected chi connectivity index (χ1v) is 4.97. The van der Waals surface area contributed by atoms with Crippen LogP contribution in [-0.2, 0) is 4.79 Å². The zero-order valence-corrected chi connectivity index (χ0v) is 8.29. The second kappa shape index (κ2) is 2.83. The van der Waals surface area contributed by atoms with Crippen LogP contribution >= 0.6 is 0 Å². The first kappa shape index (κ1) is 8.74. The van der Waals surface area contributed by atoms with Gasteiger partial charge in [-0.05, 0) is 36.2 Å². The summed E-state index contributed by atoms with van der Waals surface area (Å²) in [5, 5.41) is 0. The van der Waals surface area contributed by atoms with Crippen LogP contribution in [0.15, 0.2) is 23.8 Å². The Morgan fingerprint density at radius 1 is 1.54 bits per heavy atom. The number of allylic oxidation sites excluding steroid dienone is 4. The molecule has 0 aromatic carbocycles. The Morgan fingerprint density at radius 3 is 2.77 bits per heavy atom. The van der Waals surface area contributed by atoms with Gasteiger partial charge in [0.2, 0.25) is 0 Å². The molecule has 0 saturated heterocycles. The summed E-state index contributed by atoms with van der Waals surface area (Å²) < 4.78 is 0. The number of rotatable bonds is 2. The third-order valence-corrected chi connectivity index (χ3v) is 3.83. The highest BCUT2D eigenvalue weighted by Crippen LogP contribution is 2.58. The molecule has 1 fully saturated rings. The van der Waals surface area contributed by atoms with E-state index in [1.165, 1.54) is 12.0 Å². The number of hydrogen-bond donors (Lipinski definition) is 0. The number of hydrogen-bond acceptors (Lipinski definition) is 1. The topological polar surface area (TPSA) is 17.1 Å². The maximum Gasteiger partial charge on any atom is 0.142 e. The van der Waals surface area contributed by atoms with E-state index in [9.17, 15) is 4.79 Å². The van der Waals surface area contributed by atoms with Crippen LogP contribution in [-0.4, -0.2) is 6.29 Å². The summed E-state index contributed by atoms with van der Waals surface area (Å²) in [6, 6.07) is 0. The number of fused-ring (bicyclic) bond motifs is 1. The van der Waals surface area contributed by atoms with Crippen LogP contribution < -0.4 is 0 Å². The molecule has 0 unspecified atom stereocenters. The molecule has 3 aliphatic rings. The van der Waals surface area contributed by atoms with E-state index >= 15 is 0 Å². The second-order valence-electron chi connectivity index (χ2n) is 4.80. The largest absolute Gasteiger partial charge is 0.299 e. The van der Waals surface area contributed by atoms with Crippen LogP contribution in [0.2, 0.25) is 0 Å². The molecule has 3 aliphatic carbocycles. The van der Waals surface area contributed by atoms with Gasteiger partial charge in [0, 0.05) is 0 Å². The monoisotopic (exact) mass is 176 g/mol. The van der Waals surface area contributed by atoms with E-state index in [0.29, 0.717) is 5.41 Å². The summed E-state index contributed by atoms with van der Waals surface area (Å²) >= 11 is 0. The molecule has 70 valence electrons. The lowest BCUT2D eigenvalue weighted by Gasteiger charge is -2.55. The van der Waals surface area contributed by atoms with Gasteiger partial charge in [-0.3, -0.25) is 4.79 Å². The maximum atomic E-state index is 10.2. The van der Waals surface area contributed by atoms with Gasteiger partial charge in [-0.2, -0.15) is 0 Å². The van der Waals surface area contributed by atoms with Gasteiger partial charge in [0.25, 0.3) is 0 Å². The zero-order chi connectivity index (χ0) is 9.47. The Hall–Kier alpha value is -0.850. The fourth-order valence-corrected chi connectivity index (χ4v) is 2.58. The van der Waals surface area contributed by atoms with Crippen molar-refractivity contribution in [2.24, 2.45) is 17.3 Å². The Balaban J connectivity index is 2.13. The van der Waals surface area contributed by atoms with Crippen LogP contribution in [0.5, 0.6) is 0 Å².